The maximum absolute atomic E-state index is 13.1. The van der Waals surface area contributed by atoms with E-state index in [2.05, 4.69) is 0 Å². The number of ether oxygens (including phenoxy) is 1. The third-order valence-electron chi connectivity index (χ3n) is 5.55. The van der Waals surface area contributed by atoms with Gasteiger partial charge in [-0.15, -0.1) is 0 Å². The zero-order chi connectivity index (χ0) is 24.8. The minimum absolute atomic E-state index is 0.0194. The first-order valence-corrected chi connectivity index (χ1v) is 12.9. The van der Waals surface area contributed by atoms with Gasteiger partial charge in [0.25, 0.3) is 5.69 Å². The molecule has 3 atom stereocenters. The van der Waals surface area contributed by atoms with Crippen LogP contribution in [-0.2, 0) is 30.8 Å². The molecule has 1 N–H and O–H groups in total. The van der Waals surface area contributed by atoms with E-state index < -0.39 is 44.0 Å². The van der Waals surface area contributed by atoms with Gasteiger partial charge in [0.05, 0.1) is 21.8 Å². The van der Waals surface area contributed by atoms with E-state index in [0.717, 1.165) is 6.26 Å². The molecule has 1 saturated heterocycles. The fraction of sp³-hybridized carbons (Fsp3) is 0.273. The van der Waals surface area contributed by atoms with Crippen molar-refractivity contribution in [2.24, 2.45) is 5.92 Å². The van der Waals surface area contributed by atoms with Gasteiger partial charge in [-0.25, -0.2) is 13.2 Å². The molecule has 2 aromatic rings. The van der Waals surface area contributed by atoms with Crippen LogP contribution < -0.4 is 0 Å². The van der Waals surface area contributed by atoms with Crippen LogP contribution in [0.3, 0.4) is 0 Å². The predicted octanol–water partition coefficient (Wildman–Crippen LogP) is 2.32. The lowest BCUT2D eigenvalue weighted by Gasteiger charge is -2.43. The van der Waals surface area contributed by atoms with Crippen molar-refractivity contribution in [2.45, 2.75) is 29.9 Å². The van der Waals surface area contributed by atoms with Crippen molar-refractivity contribution in [3.63, 3.8) is 0 Å². The molecule has 178 valence electrons. The second-order valence-corrected chi connectivity index (χ2v) is 11.1. The summed E-state index contributed by atoms with van der Waals surface area (Å²) in [6.45, 7) is 1.34. The molecular formula is C22H20N2O8S2. The van der Waals surface area contributed by atoms with Crippen molar-refractivity contribution in [1.82, 2.24) is 4.90 Å². The number of aliphatic hydroxyl groups excluding tert-OH is 1. The third kappa shape index (κ3) is 4.31. The highest BCUT2D eigenvalue weighted by molar-refractivity contribution is 8.09. The number of β-lactam (4-membered cyclic amide) rings is 1. The number of nitro groups is 1. The number of non-ortho nitro benzene ring substituents is 1. The number of sulfone groups is 1. The first-order valence-electron chi connectivity index (χ1n) is 10.1. The number of fused-ring (bicyclic) bond motifs is 1. The molecular weight excluding hydrogens is 484 g/mol. The maximum Gasteiger partial charge on any atom is 0.356 e. The molecule has 10 nitrogen and oxygen atoms in total. The van der Waals surface area contributed by atoms with Gasteiger partial charge in [-0.2, -0.15) is 0 Å². The molecule has 0 radical (unpaired) electrons. The molecule has 2 heterocycles. The van der Waals surface area contributed by atoms with Crippen LogP contribution in [0.25, 0.3) is 4.91 Å². The van der Waals surface area contributed by atoms with E-state index in [4.69, 9.17) is 4.74 Å². The summed E-state index contributed by atoms with van der Waals surface area (Å²) >= 11 is 1.23. The van der Waals surface area contributed by atoms with Gasteiger partial charge in [0.1, 0.15) is 17.7 Å². The van der Waals surface area contributed by atoms with E-state index in [9.17, 15) is 33.2 Å². The summed E-state index contributed by atoms with van der Waals surface area (Å²) < 4.78 is 29.0. The van der Waals surface area contributed by atoms with Crippen molar-refractivity contribution in [3.05, 3.63) is 75.5 Å². The van der Waals surface area contributed by atoms with Crippen LogP contribution >= 0.6 is 11.8 Å². The number of carbonyl (C=O) groups excluding carboxylic acids is 2. The van der Waals surface area contributed by atoms with E-state index in [1.54, 1.807) is 12.1 Å². The summed E-state index contributed by atoms with van der Waals surface area (Å²) in [4.78, 5) is 37.9. The standard InChI is InChI=1S/C22H20N2O8S2/c1-12(25)17-20(26)23-18(22(27)32-11-13-3-7-15(8-4-13)24(28)29)19(33-21(17)23)14-5-9-16(10-6-14)34(2,30)31/h3-10,12,17,21,25H,11H2,1-2H3/t12-,17+,21-/m1/s1. The van der Waals surface area contributed by atoms with Crippen LogP contribution in [-0.4, -0.2) is 53.0 Å². The number of nitro benzene ring substituents is 1. The molecule has 34 heavy (non-hydrogen) atoms. The first kappa shape index (κ1) is 23.9. The number of nitrogens with zero attached hydrogens (tertiary/aromatic N) is 2. The topological polar surface area (TPSA) is 144 Å². The molecule has 0 aromatic heterocycles. The lowest BCUT2D eigenvalue weighted by Crippen LogP contribution is -2.60. The maximum atomic E-state index is 13.1. The Balaban J connectivity index is 1.62. The van der Waals surface area contributed by atoms with E-state index in [1.807, 2.05) is 0 Å². The second kappa shape index (κ2) is 8.85. The number of aliphatic hydroxyl groups is 1. The quantitative estimate of drug-likeness (QED) is 0.260. The summed E-state index contributed by atoms with van der Waals surface area (Å²) in [5.41, 5.74) is 0.984. The normalized spacial score (nSPS) is 20.6. The van der Waals surface area contributed by atoms with Gasteiger partial charge in [0, 0.05) is 23.3 Å². The van der Waals surface area contributed by atoms with Gasteiger partial charge in [-0.05, 0) is 42.3 Å². The smallest absolute Gasteiger partial charge is 0.356 e. The largest absolute Gasteiger partial charge is 0.456 e. The first-order chi connectivity index (χ1) is 16.0. The summed E-state index contributed by atoms with van der Waals surface area (Å²) in [6.07, 6.45) is 0.176. The van der Waals surface area contributed by atoms with Crippen LogP contribution in [0.1, 0.15) is 18.1 Å². The highest BCUT2D eigenvalue weighted by Gasteiger charge is 2.58. The Kier molecular flexibility index (Phi) is 6.23. The van der Waals surface area contributed by atoms with E-state index in [1.165, 1.54) is 60.0 Å². The number of esters is 1. The Morgan fingerprint density at radius 2 is 1.82 bits per heavy atom. The van der Waals surface area contributed by atoms with Gasteiger partial charge in [-0.1, -0.05) is 23.9 Å². The van der Waals surface area contributed by atoms with E-state index >= 15 is 0 Å². The lowest BCUT2D eigenvalue weighted by molar-refractivity contribution is -0.384. The molecule has 1 amide bonds. The monoisotopic (exact) mass is 504 g/mol. The average Bonchev–Trinajstić information content (AvgIpc) is 3.12. The molecule has 2 aliphatic rings. The molecule has 2 aromatic carbocycles. The number of carbonyl (C=O) groups is 2. The van der Waals surface area contributed by atoms with Gasteiger partial charge >= 0.3 is 5.97 Å². The van der Waals surface area contributed by atoms with Crippen molar-refractivity contribution in [3.8, 4) is 0 Å². The summed E-state index contributed by atoms with van der Waals surface area (Å²) in [5.74, 6) is -1.86. The Bertz CT molecular complexity index is 1300. The van der Waals surface area contributed by atoms with Crippen LogP contribution in [0.15, 0.2) is 59.1 Å². The van der Waals surface area contributed by atoms with Crippen molar-refractivity contribution in [1.29, 1.82) is 0 Å². The molecule has 12 heteroatoms. The van der Waals surface area contributed by atoms with Crippen molar-refractivity contribution in [2.75, 3.05) is 6.26 Å². The van der Waals surface area contributed by atoms with Crippen molar-refractivity contribution >= 4 is 44.1 Å². The zero-order valence-electron chi connectivity index (χ0n) is 18.1. The number of rotatable bonds is 7. The Morgan fingerprint density at radius 3 is 2.35 bits per heavy atom. The number of thioether (sulfide) groups is 1. The number of hydrogen-bond acceptors (Lipinski definition) is 9. The molecule has 0 unspecified atom stereocenters. The van der Waals surface area contributed by atoms with Crippen LogP contribution in [0.5, 0.6) is 0 Å². The molecule has 0 aliphatic carbocycles. The van der Waals surface area contributed by atoms with Crippen LogP contribution in [0, 0.1) is 16.0 Å². The SMILES string of the molecule is C[C@@H](O)[C@H]1C(=O)N2C(C(=O)OCc3ccc([N+](=O)[O-])cc3)=C(c3ccc(S(C)(=O)=O)cc3)S[C@H]12. The van der Waals surface area contributed by atoms with Crippen LogP contribution in [0.2, 0.25) is 0 Å². The molecule has 0 spiro atoms. The van der Waals surface area contributed by atoms with E-state index in [-0.39, 0.29) is 22.9 Å². The molecule has 0 bridgehead atoms. The highest BCUT2D eigenvalue weighted by atomic mass is 32.2. The summed E-state index contributed by atoms with van der Waals surface area (Å²) in [6, 6.07) is 11.5. The average molecular weight is 505 g/mol. The van der Waals surface area contributed by atoms with Gasteiger partial charge in [0.2, 0.25) is 5.91 Å². The second-order valence-electron chi connectivity index (χ2n) is 7.96. The minimum Gasteiger partial charge on any atom is -0.456 e. The Morgan fingerprint density at radius 1 is 1.21 bits per heavy atom. The van der Waals surface area contributed by atoms with Gasteiger partial charge in [-0.3, -0.25) is 19.8 Å². The van der Waals surface area contributed by atoms with Crippen LogP contribution in [0.4, 0.5) is 5.69 Å². The van der Waals surface area contributed by atoms with Gasteiger partial charge < -0.3 is 9.84 Å². The molecule has 0 saturated carbocycles. The van der Waals surface area contributed by atoms with Crippen molar-refractivity contribution < 1.29 is 32.8 Å². The Labute approximate surface area is 199 Å². The highest BCUT2D eigenvalue weighted by Crippen LogP contribution is 2.54. The lowest BCUT2D eigenvalue weighted by atomic mass is 9.92. The summed E-state index contributed by atoms with van der Waals surface area (Å²) in [7, 11) is -3.41. The molecule has 1 fully saturated rings. The fourth-order valence-corrected chi connectivity index (χ4v) is 6.00. The number of amides is 1. The molecule has 2 aliphatic heterocycles. The van der Waals surface area contributed by atoms with E-state index in [0.29, 0.717) is 16.0 Å². The fourth-order valence-electron chi connectivity index (χ4n) is 3.76. The Hall–Kier alpha value is -3.22. The zero-order valence-corrected chi connectivity index (χ0v) is 19.7. The number of hydrogen-bond donors (Lipinski definition) is 1. The third-order valence-corrected chi connectivity index (χ3v) is 8.09. The molecule has 4 rings (SSSR count). The van der Waals surface area contributed by atoms with Gasteiger partial charge in [0.15, 0.2) is 9.84 Å². The predicted molar refractivity (Wildman–Crippen MR) is 123 cm³/mol. The number of benzene rings is 2. The summed E-state index contributed by atoms with van der Waals surface area (Å²) in [5, 5.41) is 20.3. The minimum atomic E-state index is -3.41.